The normalized spacial score (nSPS) is 15.9. The highest BCUT2D eigenvalue weighted by Crippen LogP contribution is 2.31. The van der Waals surface area contributed by atoms with Gasteiger partial charge in [0.15, 0.2) is 0 Å². The molecule has 0 saturated carbocycles. The van der Waals surface area contributed by atoms with Gasteiger partial charge in [-0.25, -0.2) is 13.1 Å². The Morgan fingerprint density at radius 2 is 1.93 bits per heavy atom. The molecule has 1 aliphatic heterocycles. The number of hydrogen-bond acceptors (Lipinski definition) is 5. The van der Waals surface area contributed by atoms with Crippen molar-refractivity contribution in [2.24, 2.45) is 0 Å². The second kappa shape index (κ2) is 8.10. The van der Waals surface area contributed by atoms with Crippen LogP contribution in [0.25, 0.3) is 0 Å². The molecule has 1 amide bonds. The number of hydrogen-bond donors (Lipinski definition) is 2. The van der Waals surface area contributed by atoms with Gasteiger partial charge in [-0.2, -0.15) is 0 Å². The SMILES string of the molecule is O=C(N[C@@H]1CCOc2ccccc21)c1cccc(S(=O)(=O)NCc2ccco2)c1. The van der Waals surface area contributed by atoms with Crippen molar-refractivity contribution in [1.29, 1.82) is 0 Å². The van der Waals surface area contributed by atoms with Gasteiger partial charge in [0.05, 0.1) is 30.4 Å². The third-order valence-electron chi connectivity index (χ3n) is 4.69. The molecule has 150 valence electrons. The summed E-state index contributed by atoms with van der Waals surface area (Å²) in [4.78, 5) is 12.8. The predicted octanol–water partition coefficient (Wildman–Crippen LogP) is 3.01. The summed E-state index contributed by atoms with van der Waals surface area (Å²) in [5.41, 5.74) is 1.19. The van der Waals surface area contributed by atoms with Crippen molar-refractivity contribution in [3.05, 3.63) is 83.8 Å². The molecule has 0 aliphatic carbocycles. The van der Waals surface area contributed by atoms with Crippen LogP contribution in [0.5, 0.6) is 5.75 Å². The van der Waals surface area contributed by atoms with Crippen LogP contribution in [0, 0.1) is 0 Å². The van der Waals surface area contributed by atoms with Crippen molar-refractivity contribution in [2.45, 2.75) is 23.9 Å². The number of para-hydroxylation sites is 1. The number of furan rings is 1. The minimum atomic E-state index is -3.78. The van der Waals surface area contributed by atoms with Gasteiger partial charge in [0, 0.05) is 17.5 Å². The Kier molecular flexibility index (Phi) is 5.37. The third-order valence-corrected chi connectivity index (χ3v) is 6.09. The average Bonchev–Trinajstić information content (AvgIpc) is 3.26. The first-order chi connectivity index (χ1) is 14.0. The maximum absolute atomic E-state index is 12.8. The standard InChI is InChI=1S/C21H20N2O5S/c24-21(23-19-10-12-28-20-9-2-1-8-18(19)20)15-5-3-7-17(13-15)29(25,26)22-14-16-6-4-11-27-16/h1-9,11,13,19,22H,10,12,14H2,(H,23,24)/t19-/m1/s1. The smallest absolute Gasteiger partial charge is 0.251 e. The summed E-state index contributed by atoms with van der Waals surface area (Å²) in [6.07, 6.45) is 2.12. The summed E-state index contributed by atoms with van der Waals surface area (Å²) < 4.78 is 38.3. The summed E-state index contributed by atoms with van der Waals surface area (Å²) in [6.45, 7) is 0.539. The van der Waals surface area contributed by atoms with Crippen molar-refractivity contribution in [3.8, 4) is 5.75 Å². The maximum atomic E-state index is 12.8. The van der Waals surface area contributed by atoms with E-state index in [1.54, 1.807) is 24.3 Å². The minimum Gasteiger partial charge on any atom is -0.493 e. The Balaban J connectivity index is 1.49. The Morgan fingerprint density at radius 3 is 2.76 bits per heavy atom. The zero-order valence-corrected chi connectivity index (χ0v) is 16.3. The van der Waals surface area contributed by atoms with Gasteiger partial charge in [-0.15, -0.1) is 0 Å². The molecule has 1 aromatic heterocycles. The van der Waals surface area contributed by atoms with E-state index in [4.69, 9.17) is 9.15 Å². The highest BCUT2D eigenvalue weighted by atomic mass is 32.2. The van der Waals surface area contributed by atoms with Crippen molar-refractivity contribution in [2.75, 3.05) is 6.61 Å². The van der Waals surface area contributed by atoms with Crippen LogP contribution < -0.4 is 14.8 Å². The van der Waals surface area contributed by atoms with Gasteiger partial charge in [0.2, 0.25) is 10.0 Å². The molecule has 7 nitrogen and oxygen atoms in total. The van der Waals surface area contributed by atoms with Crippen LogP contribution in [-0.4, -0.2) is 20.9 Å². The predicted molar refractivity (Wildman–Crippen MR) is 106 cm³/mol. The maximum Gasteiger partial charge on any atom is 0.251 e. The fourth-order valence-corrected chi connectivity index (χ4v) is 4.24. The molecule has 0 unspecified atom stereocenters. The van der Waals surface area contributed by atoms with E-state index < -0.39 is 10.0 Å². The lowest BCUT2D eigenvalue weighted by Crippen LogP contribution is -2.32. The molecular weight excluding hydrogens is 392 g/mol. The molecule has 2 aromatic carbocycles. The number of rotatable bonds is 6. The lowest BCUT2D eigenvalue weighted by molar-refractivity contribution is 0.0924. The van der Waals surface area contributed by atoms with Crippen LogP contribution in [0.2, 0.25) is 0 Å². The number of benzene rings is 2. The van der Waals surface area contributed by atoms with Crippen molar-refractivity contribution in [3.63, 3.8) is 0 Å². The van der Waals surface area contributed by atoms with Crippen LogP contribution in [0.3, 0.4) is 0 Å². The fourth-order valence-electron chi connectivity index (χ4n) is 3.20. The van der Waals surface area contributed by atoms with E-state index in [1.165, 1.54) is 18.4 Å². The number of carbonyl (C=O) groups is 1. The molecule has 1 atom stereocenters. The Morgan fingerprint density at radius 1 is 1.07 bits per heavy atom. The average molecular weight is 412 g/mol. The second-order valence-electron chi connectivity index (χ2n) is 6.63. The van der Waals surface area contributed by atoms with E-state index >= 15 is 0 Å². The van der Waals surface area contributed by atoms with Crippen molar-refractivity contribution >= 4 is 15.9 Å². The number of fused-ring (bicyclic) bond motifs is 1. The van der Waals surface area contributed by atoms with E-state index in [1.807, 2.05) is 24.3 Å². The van der Waals surface area contributed by atoms with Gasteiger partial charge in [-0.3, -0.25) is 4.79 Å². The number of sulfonamides is 1. The first kappa shape index (κ1) is 19.2. The third kappa shape index (κ3) is 4.33. The molecular formula is C21H20N2O5S. The number of nitrogens with one attached hydrogen (secondary N) is 2. The van der Waals surface area contributed by atoms with Gasteiger partial charge < -0.3 is 14.5 Å². The Bertz CT molecular complexity index is 1110. The fraction of sp³-hybridized carbons (Fsp3) is 0.190. The molecule has 3 aromatic rings. The summed E-state index contributed by atoms with van der Waals surface area (Å²) >= 11 is 0. The molecule has 0 radical (unpaired) electrons. The van der Waals surface area contributed by atoms with Gasteiger partial charge in [-0.1, -0.05) is 24.3 Å². The first-order valence-electron chi connectivity index (χ1n) is 9.18. The van der Waals surface area contributed by atoms with Crippen molar-refractivity contribution in [1.82, 2.24) is 10.0 Å². The zero-order chi connectivity index (χ0) is 20.3. The van der Waals surface area contributed by atoms with E-state index in [9.17, 15) is 13.2 Å². The molecule has 0 saturated heterocycles. The molecule has 0 bridgehead atoms. The van der Waals surface area contributed by atoms with E-state index in [-0.39, 0.29) is 29.0 Å². The zero-order valence-electron chi connectivity index (χ0n) is 15.5. The van der Waals surface area contributed by atoms with Crippen LogP contribution in [0.15, 0.2) is 76.2 Å². The van der Waals surface area contributed by atoms with Crippen LogP contribution >= 0.6 is 0 Å². The molecule has 2 N–H and O–H groups in total. The summed E-state index contributed by atoms with van der Waals surface area (Å²) in [7, 11) is -3.78. The van der Waals surface area contributed by atoms with Gasteiger partial charge in [-0.05, 0) is 36.4 Å². The molecule has 0 fully saturated rings. The molecule has 8 heteroatoms. The number of carbonyl (C=O) groups excluding carboxylic acids is 1. The lowest BCUT2D eigenvalue weighted by Gasteiger charge is -2.26. The highest BCUT2D eigenvalue weighted by Gasteiger charge is 2.24. The van der Waals surface area contributed by atoms with Crippen LogP contribution in [0.1, 0.15) is 34.1 Å². The molecule has 1 aliphatic rings. The second-order valence-corrected chi connectivity index (χ2v) is 8.40. The van der Waals surface area contributed by atoms with Crippen LogP contribution in [-0.2, 0) is 16.6 Å². The number of ether oxygens (including phenoxy) is 1. The highest BCUT2D eigenvalue weighted by molar-refractivity contribution is 7.89. The molecule has 2 heterocycles. The van der Waals surface area contributed by atoms with Gasteiger partial charge >= 0.3 is 0 Å². The summed E-state index contributed by atoms with van der Waals surface area (Å²) in [6, 6.07) is 16.7. The van der Waals surface area contributed by atoms with Gasteiger partial charge in [0.1, 0.15) is 11.5 Å². The molecule has 29 heavy (non-hydrogen) atoms. The Hall–Kier alpha value is -3.10. The summed E-state index contributed by atoms with van der Waals surface area (Å²) in [5, 5.41) is 2.98. The lowest BCUT2D eigenvalue weighted by atomic mass is 10.00. The first-order valence-corrected chi connectivity index (χ1v) is 10.7. The molecule has 0 spiro atoms. The number of amides is 1. The molecule has 4 rings (SSSR count). The van der Waals surface area contributed by atoms with E-state index in [2.05, 4.69) is 10.0 Å². The minimum absolute atomic E-state index is 0.0177. The summed E-state index contributed by atoms with van der Waals surface area (Å²) in [5.74, 6) is 0.915. The topological polar surface area (TPSA) is 97.6 Å². The largest absolute Gasteiger partial charge is 0.493 e. The van der Waals surface area contributed by atoms with Crippen molar-refractivity contribution < 1.29 is 22.4 Å². The van der Waals surface area contributed by atoms with Crippen LogP contribution in [0.4, 0.5) is 0 Å². The quantitative estimate of drug-likeness (QED) is 0.649. The monoisotopic (exact) mass is 412 g/mol. The van der Waals surface area contributed by atoms with E-state index in [0.29, 0.717) is 18.8 Å². The van der Waals surface area contributed by atoms with Gasteiger partial charge in [0.25, 0.3) is 5.91 Å². The van der Waals surface area contributed by atoms with E-state index in [0.717, 1.165) is 11.3 Å². The Labute approximate surface area is 168 Å².